The molecule has 6 nitrogen and oxygen atoms in total. The van der Waals surface area contributed by atoms with Gasteiger partial charge in [0.05, 0.1) is 23.9 Å². The molecule has 1 N–H and O–H groups in total. The van der Waals surface area contributed by atoms with E-state index in [1.165, 1.54) is 7.11 Å². The molecule has 0 spiro atoms. The molecule has 1 aliphatic carbocycles. The van der Waals surface area contributed by atoms with Gasteiger partial charge in [-0.05, 0) is 44.0 Å². The third-order valence-corrected chi connectivity index (χ3v) is 4.97. The van der Waals surface area contributed by atoms with Crippen molar-refractivity contribution in [1.29, 1.82) is 0 Å². The minimum Gasteiger partial charge on any atom is -0.495 e. The highest BCUT2D eigenvalue weighted by Crippen LogP contribution is 2.40. The Hall–Kier alpha value is -3.41. The van der Waals surface area contributed by atoms with E-state index in [9.17, 15) is 9.59 Å². The average Bonchev–Trinajstić information content (AvgIpc) is 3.58. The highest BCUT2D eigenvalue weighted by atomic mass is 16.5. The number of carbonyl (C=O) groups excluding carboxylic acids is 2. The van der Waals surface area contributed by atoms with Crippen molar-refractivity contribution in [2.24, 2.45) is 0 Å². The number of methoxy groups -OCH3 is 1. The van der Waals surface area contributed by atoms with Gasteiger partial charge in [0.25, 0.3) is 5.91 Å². The first-order chi connectivity index (χ1) is 14.1. The topological polar surface area (TPSA) is 77.5 Å². The molecule has 1 amide bonds. The van der Waals surface area contributed by atoms with Crippen molar-refractivity contribution in [1.82, 2.24) is 4.98 Å². The van der Waals surface area contributed by atoms with Crippen molar-refractivity contribution in [2.75, 3.05) is 12.4 Å². The van der Waals surface area contributed by atoms with E-state index in [0.717, 1.165) is 29.4 Å². The molecule has 1 atom stereocenters. The van der Waals surface area contributed by atoms with Crippen molar-refractivity contribution >= 4 is 28.5 Å². The van der Waals surface area contributed by atoms with Crippen LogP contribution in [0.15, 0.2) is 54.6 Å². The lowest BCUT2D eigenvalue weighted by Gasteiger charge is -2.16. The zero-order valence-corrected chi connectivity index (χ0v) is 16.3. The molecule has 0 radical (unpaired) electrons. The van der Waals surface area contributed by atoms with Gasteiger partial charge in [0, 0.05) is 17.0 Å². The lowest BCUT2D eigenvalue weighted by atomic mass is 10.1. The average molecular weight is 390 g/mol. The first-order valence-electron chi connectivity index (χ1n) is 9.61. The van der Waals surface area contributed by atoms with Crippen LogP contribution in [0.2, 0.25) is 0 Å². The Morgan fingerprint density at radius 2 is 1.83 bits per heavy atom. The van der Waals surface area contributed by atoms with Crippen LogP contribution in [0.25, 0.3) is 10.9 Å². The number of anilines is 1. The summed E-state index contributed by atoms with van der Waals surface area (Å²) in [5.41, 5.74) is 2.62. The Kier molecular flexibility index (Phi) is 5.16. The summed E-state index contributed by atoms with van der Waals surface area (Å²) < 4.78 is 10.7. The van der Waals surface area contributed by atoms with E-state index in [1.54, 1.807) is 31.2 Å². The standard InChI is InChI=1S/C23H22N2O4/c1-14(22(26)25-19-9-5-6-10-21(19)28-2)29-23(27)17-13-20(15-11-12-15)24-18-8-4-3-7-16(17)18/h3-10,13-15H,11-12H2,1-2H3,(H,25,26). The Morgan fingerprint density at radius 1 is 1.10 bits per heavy atom. The first-order valence-corrected chi connectivity index (χ1v) is 9.61. The van der Waals surface area contributed by atoms with Gasteiger partial charge in [-0.2, -0.15) is 0 Å². The van der Waals surface area contributed by atoms with Crippen LogP contribution in [-0.2, 0) is 9.53 Å². The van der Waals surface area contributed by atoms with Crippen LogP contribution in [0.3, 0.4) is 0 Å². The van der Waals surface area contributed by atoms with Gasteiger partial charge in [0.1, 0.15) is 5.75 Å². The molecule has 0 saturated heterocycles. The lowest BCUT2D eigenvalue weighted by molar-refractivity contribution is -0.123. The molecule has 0 aliphatic heterocycles. The van der Waals surface area contributed by atoms with Crippen LogP contribution >= 0.6 is 0 Å². The van der Waals surface area contributed by atoms with Crippen molar-refractivity contribution in [2.45, 2.75) is 31.8 Å². The van der Waals surface area contributed by atoms with E-state index >= 15 is 0 Å². The lowest BCUT2D eigenvalue weighted by Crippen LogP contribution is -2.30. The Morgan fingerprint density at radius 3 is 2.59 bits per heavy atom. The maximum atomic E-state index is 12.9. The van der Waals surface area contributed by atoms with Gasteiger partial charge in [0.15, 0.2) is 6.10 Å². The minimum atomic E-state index is -0.969. The third kappa shape index (κ3) is 4.06. The molecular weight excluding hydrogens is 368 g/mol. The van der Waals surface area contributed by atoms with Crippen LogP contribution in [0, 0.1) is 0 Å². The summed E-state index contributed by atoms with van der Waals surface area (Å²) in [5.74, 6) is -0.0252. The van der Waals surface area contributed by atoms with Gasteiger partial charge in [-0.1, -0.05) is 30.3 Å². The summed E-state index contributed by atoms with van der Waals surface area (Å²) in [7, 11) is 1.53. The van der Waals surface area contributed by atoms with Crippen LogP contribution in [0.1, 0.15) is 41.7 Å². The molecule has 1 saturated carbocycles. The Balaban J connectivity index is 1.53. The van der Waals surface area contributed by atoms with Gasteiger partial charge in [-0.25, -0.2) is 4.79 Å². The fourth-order valence-electron chi connectivity index (χ4n) is 3.21. The highest BCUT2D eigenvalue weighted by Gasteiger charge is 2.28. The Labute approximate surface area is 168 Å². The van der Waals surface area contributed by atoms with Crippen molar-refractivity contribution in [3.05, 3.63) is 65.9 Å². The van der Waals surface area contributed by atoms with Gasteiger partial charge >= 0.3 is 5.97 Å². The Bertz CT molecular complexity index is 1080. The van der Waals surface area contributed by atoms with Crippen molar-refractivity contribution in [3.63, 3.8) is 0 Å². The summed E-state index contributed by atoms with van der Waals surface area (Å²) in [6.07, 6.45) is 1.19. The summed E-state index contributed by atoms with van der Waals surface area (Å²) in [5, 5.41) is 3.46. The molecule has 148 valence electrons. The molecule has 29 heavy (non-hydrogen) atoms. The van der Waals surface area contributed by atoms with E-state index in [1.807, 2.05) is 30.3 Å². The number of hydrogen-bond acceptors (Lipinski definition) is 5. The molecule has 1 unspecified atom stereocenters. The number of fused-ring (bicyclic) bond motifs is 1. The van der Waals surface area contributed by atoms with Crippen LogP contribution in [0.4, 0.5) is 5.69 Å². The summed E-state index contributed by atoms with van der Waals surface area (Å²) in [4.78, 5) is 30.1. The van der Waals surface area contributed by atoms with E-state index < -0.39 is 18.0 Å². The number of hydrogen-bond donors (Lipinski definition) is 1. The zero-order chi connectivity index (χ0) is 20.4. The summed E-state index contributed by atoms with van der Waals surface area (Å²) in [6, 6.07) is 16.3. The van der Waals surface area contributed by atoms with Gasteiger partial charge in [0.2, 0.25) is 0 Å². The number of pyridine rings is 1. The quantitative estimate of drug-likeness (QED) is 0.635. The second-order valence-electron chi connectivity index (χ2n) is 7.12. The fourth-order valence-corrected chi connectivity index (χ4v) is 3.21. The smallest absolute Gasteiger partial charge is 0.339 e. The highest BCUT2D eigenvalue weighted by molar-refractivity contribution is 6.05. The maximum absolute atomic E-state index is 12.9. The first kappa shape index (κ1) is 18.9. The predicted molar refractivity (Wildman–Crippen MR) is 110 cm³/mol. The number of nitrogens with zero attached hydrogens (tertiary/aromatic N) is 1. The SMILES string of the molecule is COc1ccccc1NC(=O)C(C)OC(=O)c1cc(C2CC2)nc2ccccc12. The van der Waals surface area contributed by atoms with Gasteiger partial charge in [-0.15, -0.1) is 0 Å². The number of para-hydroxylation sites is 3. The molecule has 4 rings (SSSR count). The molecule has 1 heterocycles. The second kappa shape index (κ2) is 7.91. The predicted octanol–water partition coefficient (Wildman–Crippen LogP) is 4.30. The van der Waals surface area contributed by atoms with E-state index in [4.69, 9.17) is 9.47 Å². The molecule has 3 aromatic rings. The van der Waals surface area contributed by atoms with E-state index in [-0.39, 0.29) is 0 Å². The largest absolute Gasteiger partial charge is 0.495 e. The number of aromatic nitrogens is 1. The van der Waals surface area contributed by atoms with Crippen molar-refractivity contribution in [3.8, 4) is 5.75 Å². The molecule has 6 heteroatoms. The number of benzene rings is 2. The van der Waals surface area contributed by atoms with Crippen LogP contribution in [0.5, 0.6) is 5.75 Å². The number of amides is 1. The van der Waals surface area contributed by atoms with Crippen molar-refractivity contribution < 1.29 is 19.1 Å². The van der Waals surface area contributed by atoms with Gasteiger partial charge in [-0.3, -0.25) is 9.78 Å². The van der Waals surface area contributed by atoms with Crippen LogP contribution < -0.4 is 10.1 Å². The number of esters is 1. The summed E-state index contributed by atoms with van der Waals surface area (Å²) >= 11 is 0. The molecule has 1 aromatic heterocycles. The molecule has 1 aliphatic rings. The number of rotatable bonds is 6. The number of ether oxygens (including phenoxy) is 2. The zero-order valence-electron chi connectivity index (χ0n) is 16.3. The van der Waals surface area contributed by atoms with Crippen LogP contribution in [-0.4, -0.2) is 30.1 Å². The normalized spacial score (nSPS) is 14.3. The minimum absolute atomic E-state index is 0.400. The van der Waals surface area contributed by atoms with E-state index in [0.29, 0.717) is 22.9 Å². The second-order valence-corrected chi connectivity index (χ2v) is 7.12. The number of carbonyl (C=O) groups is 2. The molecule has 1 fully saturated rings. The molecule has 2 aromatic carbocycles. The number of nitrogens with one attached hydrogen (secondary N) is 1. The third-order valence-electron chi connectivity index (χ3n) is 4.97. The summed E-state index contributed by atoms with van der Waals surface area (Å²) in [6.45, 7) is 1.55. The van der Waals surface area contributed by atoms with E-state index in [2.05, 4.69) is 10.3 Å². The van der Waals surface area contributed by atoms with Gasteiger partial charge < -0.3 is 14.8 Å². The maximum Gasteiger partial charge on any atom is 0.339 e. The molecule has 0 bridgehead atoms. The fraction of sp³-hybridized carbons (Fsp3) is 0.261. The monoisotopic (exact) mass is 390 g/mol. The molecular formula is C23H22N2O4.